The summed E-state index contributed by atoms with van der Waals surface area (Å²) in [6.45, 7) is 5.64. The van der Waals surface area contributed by atoms with E-state index in [4.69, 9.17) is 0 Å². The van der Waals surface area contributed by atoms with Crippen LogP contribution in [-0.4, -0.2) is 44.9 Å². The normalized spacial score (nSPS) is 25.6. The van der Waals surface area contributed by atoms with Gasteiger partial charge >= 0.3 is 5.97 Å². The highest BCUT2D eigenvalue weighted by Crippen LogP contribution is 2.33. The van der Waals surface area contributed by atoms with Crippen molar-refractivity contribution in [1.29, 1.82) is 0 Å². The minimum atomic E-state index is -0.706. The Balaban J connectivity index is 2.22. The minimum Gasteiger partial charge on any atom is -0.481 e. The number of carbonyl (C=O) groups is 1. The third kappa shape index (κ3) is 2.34. The van der Waals surface area contributed by atoms with Crippen molar-refractivity contribution in [2.24, 2.45) is 13.0 Å². The highest BCUT2D eigenvalue weighted by atomic mass is 16.4. The number of likely N-dealkylation sites (tertiary alicyclic amines) is 1. The zero-order valence-electron chi connectivity index (χ0n) is 10.5. The van der Waals surface area contributed by atoms with Crippen LogP contribution in [0.25, 0.3) is 0 Å². The molecule has 1 aromatic rings. The van der Waals surface area contributed by atoms with Gasteiger partial charge in [-0.3, -0.25) is 14.4 Å². The summed E-state index contributed by atoms with van der Waals surface area (Å²) in [4.78, 5) is 13.5. The molecule has 1 aliphatic rings. The molecule has 0 amide bonds. The molecule has 0 saturated carbocycles. The second-order valence-corrected chi connectivity index (χ2v) is 5.05. The van der Waals surface area contributed by atoms with Crippen LogP contribution in [0.5, 0.6) is 0 Å². The van der Waals surface area contributed by atoms with Gasteiger partial charge in [-0.2, -0.15) is 5.10 Å². The van der Waals surface area contributed by atoms with Gasteiger partial charge in [0.1, 0.15) is 0 Å². The fourth-order valence-electron chi connectivity index (χ4n) is 2.48. The first-order valence-corrected chi connectivity index (χ1v) is 5.94. The average Bonchev–Trinajstić information content (AvgIpc) is 2.82. The van der Waals surface area contributed by atoms with Crippen molar-refractivity contribution in [3.8, 4) is 0 Å². The second kappa shape index (κ2) is 4.49. The molecule has 0 unspecified atom stereocenters. The van der Waals surface area contributed by atoms with Crippen molar-refractivity contribution in [3.63, 3.8) is 0 Å². The molecule has 0 bridgehead atoms. The summed E-state index contributed by atoms with van der Waals surface area (Å²) >= 11 is 0. The van der Waals surface area contributed by atoms with E-state index in [1.165, 1.54) is 0 Å². The molecule has 1 aliphatic heterocycles. The topological polar surface area (TPSA) is 58.4 Å². The van der Waals surface area contributed by atoms with Crippen molar-refractivity contribution in [2.75, 3.05) is 13.1 Å². The molecule has 1 saturated heterocycles. The molecule has 1 aromatic heterocycles. The predicted octanol–water partition coefficient (Wildman–Crippen LogP) is 0.928. The number of hydrogen-bond acceptors (Lipinski definition) is 3. The van der Waals surface area contributed by atoms with Gasteiger partial charge in [-0.05, 0) is 19.4 Å². The van der Waals surface area contributed by atoms with Gasteiger partial charge in [0.2, 0.25) is 0 Å². The maximum Gasteiger partial charge on any atom is 0.308 e. The molecule has 0 aromatic carbocycles. The summed E-state index contributed by atoms with van der Waals surface area (Å²) in [7, 11) is 1.86. The van der Waals surface area contributed by atoms with Crippen molar-refractivity contribution >= 4 is 5.97 Å². The van der Waals surface area contributed by atoms with Crippen LogP contribution in [0.3, 0.4) is 0 Å². The average molecular weight is 237 g/mol. The summed E-state index contributed by atoms with van der Waals surface area (Å²) in [5.41, 5.74) is 1.03. The van der Waals surface area contributed by atoms with Gasteiger partial charge in [0.05, 0.1) is 12.1 Å². The monoisotopic (exact) mass is 237 g/mol. The second-order valence-electron chi connectivity index (χ2n) is 5.05. The Hall–Kier alpha value is -1.36. The Labute approximate surface area is 101 Å². The SMILES string of the molecule is CC(C)N1C[C@H](C(=O)O)[C@@H](c2cnn(C)c2)C1. The van der Waals surface area contributed by atoms with E-state index in [9.17, 15) is 9.90 Å². The largest absolute Gasteiger partial charge is 0.481 e. The van der Waals surface area contributed by atoms with Gasteiger partial charge in [-0.15, -0.1) is 0 Å². The van der Waals surface area contributed by atoms with E-state index in [-0.39, 0.29) is 11.8 Å². The van der Waals surface area contributed by atoms with Gasteiger partial charge in [0, 0.05) is 38.3 Å². The lowest BCUT2D eigenvalue weighted by Crippen LogP contribution is -2.29. The third-order valence-electron chi connectivity index (χ3n) is 3.55. The van der Waals surface area contributed by atoms with Crippen molar-refractivity contribution < 1.29 is 9.90 Å². The summed E-state index contributed by atoms with van der Waals surface area (Å²) < 4.78 is 1.73. The standard InChI is InChI=1S/C12H19N3O2/c1-8(2)15-6-10(11(7-15)12(16)17)9-4-13-14(3)5-9/h4-5,8,10-11H,6-7H2,1-3H3,(H,16,17)/t10-,11+/m1/s1. The van der Waals surface area contributed by atoms with Crippen LogP contribution in [0.2, 0.25) is 0 Å². The Morgan fingerprint density at radius 2 is 2.24 bits per heavy atom. The van der Waals surface area contributed by atoms with E-state index in [1.54, 1.807) is 10.9 Å². The van der Waals surface area contributed by atoms with E-state index >= 15 is 0 Å². The first-order chi connectivity index (χ1) is 7.99. The number of carboxylic acids is 1. The smallest absolute Gasteiger partial charge is 0.308 e. The van der Waals surface area contributed by atoms with Crippen molar-refractivity contribution in [2.45, 2.75) is 25.8 Å². The summed E-state index contributed by atoms with van der Waals surface area (Å²) in [6, 6.07) is 0.388. The fourth-order valence-corrected chi connectivity index (χ4v) is 2.48. The predicted molar refractivity (Wildman–Crippen MR) is 63.8 cm³/mol. The molecule has 0 spiro atoms. The Kier molecular flexibility index (Phi) is 3.19. The Morgan fingerprint density at radius 3 is 2.71 bits per heavy atom. The van der Waals surface area contributed by atoms with Gasteiger partial charge in [-0.1, -0.05) is 0 Å². The number of aryl methyl sites for hydroxylation is 1. The molecule has 2 rings (SSSR count). The number of aromatic nitrogens is 2. The van der Waals surface area contributed by atoms with Gasteiger partial charge < -0.3 is 5.11 Å². The molecule has 2 atom stereocenters. The highest BCUT2D eigenvalue weighted by Gasteiger charge is 2.39. The molecule has 17 heavy (non-hydrogen) atoms. The first-order valence-electron chi connectivity index (χ1n) is 5.94. The van der Waals surface area contributed by atoms with Gasteiger partial charge in [0.15, 0.2) is 0 Å². The zero-order chi connectivity index (χ0) is 12.6. The van der Waals surface area contributed by atoms with Crippen LogP contribution in [0.1, 0.15) is 25.3 Å². The number of carboxylic acid groups (broad SMARTS) is 1. The molecule has 2 heterocycles. The third-order valence-corrected chi connectivity index (χ3v) is 3.55. The summed E-state index contributed by atoms with van der Waals surface area (Å²) in [6.07, 6.45) is 3.70. The van der Waals surface area contributed by atoms with E-state index in [0.29, 0.717) is 12.6 Å². The van der Waals surface area contributed by atoms with E-state index < -0.39 is 5.97 Å². The molecule has 94 valence electrons. The lowest BCUT2D eigenvalue weighted by molar-refractivity contribution is -0.141. The van der Waals surface area contributed by atoms with Crippen LogP contribution in [0.15, 0.2) is 12.4 Å². The van der Waals surface area contributed by atoms with Gasteiger partial charge in [0.25, 0.3) is 0 Å². The lowest BCUT2D eigenvalue weighted by atomic mass is 9.91. The van der Waals surface area contributed by atoms with Crippen molar-refractivity contribution in [1.82, 2.24) is 14.7 Å². The molecular weight excluding hydrogens is 218 g/mol. The molecule has 5 heteroatoms. The van der Waals surface area contributed by atoms with Crippen LogP contribution in [0, 0.1) is 5.92 Å². The number of nitrogens with zero attached hydrogens (tertiary/aromatic N) is 3. The molecular formula is C12H19N3O2. The number of rotatable bonds is 3. The van der Waals surface area contributed by atoms with Crippen LogP contribution < -0.4 is 0 Å². The maximum absolute atomic E-state index is 11.3. The highest BCUT2D eigenvalue weighted by molar-refractivity contribution is 5.72. The van der Waals surface area contributed by atoms with Crippen LogP contribution >= 0.6 is 0 Å². The first kappa shape index (κ1) is 12.1. The number of hydrogen-bond donors (Lipinski definition) is 1. The Bertz CT molecular complexity index is 414. The number of aliphatic carboxylic acids is 1. The van der Waals surface area contributed by atoms with Crippen LogP contribution in [0.4, 0.5) is 0 Å². The molecule has 0 aliphatic carbocycles. The molecule has 1 N–H and O–H groups in total. The Morgan fingerprint density at radius 1 is 1.53 bits per heavy atom. The summed E-state index contributed by atoms with van der Waals surface area (Å²) in [5.74, 6) is -0.966. The molecule has 1 fully saturated rings. The lowest BCUT2D eigenvalue weighted by Gasteiger charge is -2.19. The summed E-state index contributed by atoms with van der Waals surface area (Å²) in [5, 5.41) is 13.4. The minimum absolute atomic E-state index is 0.0589. The van der Waals surface area contributed by atoms with E-state index in [0.717, 1.165) is 12.1 Å². The zero-order valence-corrected chi connectivity index (χ0v) is 10.5. The molecule has 0 radical (unpaired) electrons. The van der Waals surface area contributed by atoms with E-state index in [1.807, 2.05) is 13.2 Å². The van der Waals surface area contributed by atoms with Gasteiger partial charge in [-0.25, -0.2) is 0 Å². The maximum atomic E-state index is 11.3. The van der Waals surface area contributed by atoms with E-state index in [2.05, 4.69) is 23.8 Å². The van der Waals surface area contributed by atoms with Crippen molar-refractivity contribution in [3.05, 3.63) is 18.0 Å². The quantitative estimate of drug-likeness (QED) is 0.849. The van der Waals surface area contributed by atoms with Crippen LogP contribution in [-0.2, 0) is 11.8 Å². The fraction of sp³-hybridized carbons (Fsp3) is 0.667. The molecule has 5 nitrogen and oxygen atoms in total.